The molecule has 3 N–H and O–H groups in total. The predicted molar refractivity (Wildman–Crippen MR) is 108 cm³/mol. The van der Waals surface area contributed by atoms with Crippen LogP contribution in [0.5, 0.6) is 0 Å². The van der Waals surface area contributed by atoms with Crippen LogP contribution in [-0.4, -0.2) is 19.5 Å². The van der Waals surface area contributed by atoms with Crippen LogP contribution < -0.4 is 11.3 Å². The summed E-state index contributed by atoms with van der Waals surface area (Å²) in [7, 11) is 0. The van der Waals surface area contributed by atoms with E-state index in [1.807, 2.05) is 34.9 Å². The number of H-pyrrole nitrogens is 1. The van der Waals surface area contributed by atoms with Gasteiger partial charge in [-0.25, -0.2) is 14.8 Å². The second-order valence-electron chi connectivity index (χ2n) is 5.84. The van der Waals surface area contributed by atoms with E-state index in [9.17, 15) is 4.79 Å². The Bertz CT molecular complexity index is 1250. The lowest BCUT2D eigenvalue weighted by Gasteiger charge is -2.11. The normalized spacial score (nSPS) is 10.8. The first-order valence-corrected chi connectivity index (χ1v) is 9.14. The molecule has 132 valence electrons. The minimum atomic E-state index is -0.457. The summed E-state index contributed by atoms with van der Waals surface area (Å²) in [5.74, 6) is 0.874. The maximum atomic E-state index is 12.2. The van der Waals surface area contributed by atoms with Gasteiger partial charge in [-0.05, 0) is 35.9 Å². The number of imidazole rings is 1. The number of anilines is 1. The van der Waals surface area contributed by atoms with E-state index in [1.54, 1.807) is 12.3 Å². The number of halogens is 1. The van der Waals surface area contributed by atoms with Crippen LogP contribution in [0.1, 0.15) is 5.56 Å². The van der Waals surface area contributed by atoms with Crippen LogP contribution in [-0.2, 0) is 5.33 Å². The molecule has 0 aliphatic heterocycles. The van der Waals surface area contributed by atoms with Gasteiger partial charge in [0.1, 0.15) is 11.5 Å². The monoisotopic (exact) mass is 420 g/mol. The summed E-state index contributed by atoms with van der Waals surface area (Å²) in [6.07, 6.45) is 1.61. The number of aromatic nitrogens is 4. The number of nitrogens with one attached hydrogen (secondary N) is 1. The molecule has 0 spiro atoms. The van der Waals surface area contributed by atoms with Gasteiger partial charge in [-0.2, -0.15) is 0 Å². The third-order valence-corrected chi connectivity index (χ3v) is 4.84. The van der Waals surface area contributed by atoms with Crippen molar-refractivity contribution in [2.45, 2.75) is 5.33 Å². The van der Waals surface area contributed by atoms with Crippen molar-refractivity contribution in [2.75, 3.05) is 5.73 Å². The zero-order valence-corrected chi connectivity index (χ0v) is 15.6. The topological polar surface area (TPSA) is 93.9 Å². The predicted octanol–water partition coefficient (Wildman–Crippen LogP) is 3.80. The molecule has 8 heteroatoms. The highest BCUT2D eigenvalue weighted by Gasteiger charge is 2.18. The van der Waals surface area contributed by atoms with E-state index in [-0.39, 0.29) is 5.69 Å². The minimum Gasteiger partial charge on any atom is -0.383 e. The fraction of sp³-hybridized carbons (Fsp3) is 0.0526. The van der Waals surface area contributed by atoms with E-state index in [0.717, 1.165) is 16.6 Å². The fourth-order valence-electron chi connectivity index (χ4n) is 2.88. The third-order valence-electron chi connectivity index (χ3n) is 4.19. The van der Waals surface area contributed by atoms with Crippen LogP contribution >= 0.6 is 15.9 Å². The van der Waals surface area contributed by atoms with Crippen molar-refractivity contribution in [3.8, 4) is 17.1 Å². The molecule has 7 nitrogen and oxygen atoms in total. The smallest absolute Gasteiger partial charge is 0.255 e. The molecule has 4 aromatic rings. The van der Waals surface area contributed by atoms with Crippen molar-refractivity contribution < 1.29 is 0 Å². The zero-order valence-electron chi connectivity index (χ0n) is 14.0. The first-order valence-electron chi connectivity index (χ1n) is 8.01. The molecule has 0 bridgehead atoms. The number of benzene rings is 1. The maximum Gasteiger partial charge on any atom is 0.255 e. The average molecular weight is 421 g/mol. The van der Waals surface area contributed by atoms with E-state index in [4.69, 9.17) is 12.3 Å². The summed E-state index contributed by atoms with van der Waals surface area (Å²) in [4.78, 5) is 27.0. The highest BCUT2D eigenvalue weighted by Crippen LogP contribution is 2.30. The Balaban J connectivity index is 2.08. The van der Waals surface area contributed by atoms with Gasteiger partial charge in [-0.15, -0.1) is 0 Å². The van der Waals surface area contributed by atoms with E-state index >= 15 is 0 Å². The Morgan fingerprint density at radius 2 is 2.04 bits per heavy atom. The molecule has 0 saturated heterocycles. The van der Waals surface area contributed by atoms with Gasteiger partial charge in [-0.3, -0.25) is 9.36 Å². The number of pyridine rings is 2. The summed E-state index contributed by atoms with van der Waals surface area (Å²) in [5, 5.41) is 0.742. The van der Waals surface area contributed by atoms with Gasteiger partial charge in [-0.1, -0.05) is 28.1 Å². The van der Waals surface area contributed by atoms with E-state index in [2.05, 4.69) is 35.7 Å². The Labute approximate surface area is 162 Å². The van der Waals surface area contributed by atoms with Crippen molar-refractivity contribution in [1.29, 1.82) is 0 Å². The van der Waals surface area contributed by atoms with Gasteiger partial charge in [0.25, 0.3) is 11.2 Å². The average Bonchev–Trinajstić information content (AvgIpc) is 3.05. The summed E-state index contributed by atoms with van der Waals surface area (Å²) in [6, 6.07) is 12.9. The van der Waals surface area contributed by atoms with Crippen LogP contribution in [0.2, 0.25) is 0 Å². The van der Waals surface area contributed by atoms with Gasteiger partial charge >= 0.3 is 0 Å². The van der Waals surface area contributed by atoms with Gasteiger partial charge in [0, 0.05) is 17.2 Å². The van der Waals surface area contributed by atoms with E-state index in [1.165, 1.54) is 6.07 Å². The Kier molecular flexibility index (Phi) is 4.22. The van der Waals surface area contributed by atoms with Crippen molar-refractivity contribution in [2.24, 2.45) is 0 Å². The summed E-state index contributed by atoms with van der Waals surface area (Å²) in [6.45, 7) is 7.16. The van der Waals surface area contributed by atoms with Gasteiger partial charge < -0.3 is 10.7 Å². The van der Waals surface area contributed by atoms with Crippen LogP contribution in [0, 0.1) is 6.57 Å². The molecule has 0 unspecified atom stereocenters. The highest BCUT2D eigenvalue weighted by atomic mass is 79.9. The largest absolute Gasteiger partial charge is 0.383 e. The van der Waals surface area contributed by atoms with Gasteiger partial charge in [0.15, 0.2) is 5.82 Å². The number of fused-ring (bicyclic) bond motifs is 1. The number of nitrogens with zero attached hydrogens (tertiary/aromatic N) is 4. The molecule has 3 aromatic heterocycles. The molecular formula is C19H13BrN6O. The number of nitrogens with two attached hydrogens (primary N) is 1. The number of nitrogen functional groups attached to an aromatic ring is 1. The maximum absolute atomic E-state index is 12.2. The number of aromatic amines is 1. The molecule has 0 aliphatic rings. The summed E-state index contributed by atoms with van der Waals surface area (Å²) >= 11 is 3.44. The minimum absolute atomic E-state index is 0.00695. The molecule has 27 heavy (non-hydrogen) atoms. The Morgan fingerprint density at radius 3 is 2.70 bits per heavy atom. The lowest BCUT2D eigenvalue weighted by atomic mass is 10.2. The van der Waals surface area contributed by atoms with Crippen molar-refractivity contribution >= 4 is 38.6 Å². The Morgan fingerprint density at radius 1 is 1.26 bits per heavy atom. The number of alkyl halides is 1. The lowest BCUT2D eigenvalue weighted by Crippen LogP contribution is -2.07. The number of hydrogen-bond donors (Lipinski definition) is 2. The number of rotatable bonds is 3. The summed E-state index contributed by atoms with van der Waals surface area (Å²) in [5.41, 5.74) is 9.17. The van der Waals surface area contributed by atoms with Crippen LogP contribution in [0.3, 0.4) is 0 Å². The molecule has 4 rings (SSSR count). The van der Waals surface area contributed by atoms with Crippen LogP contribution in [0.4, 0.5) is 11.5 Å². The fourth-order valence-corrected chi connectivity index (χ4v) is 3.25. The zero-order chi connectivity index (χ0) is 19.0. The molecular weight excluding hydrogens is 408 g/mol. The molecule has 3 heterocycles. The van der Waals surface area contributed by atoms with Crippen molar-refractivity contribution in [3.63, 3.8) is 0 Å². The molecule has 1 aromatic carbocycles. The SMILES string of the molecule is [C-]#[N+]c1cc2nc(-c3cccnc3N)n(-c3ccc(CBr)cc3)c2[nH]c1=O. The molecule has 0 amide bonds. The first-order chi connectivity index (χ1) is 13.1. The number of hydrogen-bond acceptors (Lipinski definition) is 4. The van der Waals surface area contributed by atoms with Gasteiger partial charge in [0.05, 0.1) is 17.7 Å². The van der Waals surface area contributed by atoms with Crippen molar-refractivity contribution in [3.05, 3.63) is 76.0 Å². The standard InChI is InChI=1S/C19H13BrN6O/c1-22-15-9-14-18(25-19(15)27)26(12-6-4-11(10-20)5-7-12)17(24-14)13-3-2-8-23-16(13)21/h2-9H,10H2,(H2,21,23)(H,25,27). The van der Waals surface area contributed by atoms with E-state index < -0.39 is 5.56 Å². The van der Waals surface area contributed by atoms with E-state index in [0.29, 0.717) is 28.4 Å². The molecule has 0 fully saturated rings. The molecule has 0 atom stereocenters. The second-order valence-corrected chi connectivity index (χ2v) is 6.40. The Hall–Kier alpha value is -3.44. The quantitative estimate of drug-likeness (QED) is 0.389. The third kappa shape index (κ3) is 2.88. The second kappa shape index (κ2) is 6.70. The van der Waals surface area contributed by atoms with Crippen molar-refractivity contribution in [1.82, 2.24) is 19.5 Å². The molecule has 0 saturated carbocycles. The first kappa shape index (κ1) is 17.0. The highest BCUT2D eigenvalue weighted by molar-refractivity contribution is 9.08. The molecule has 0 aliphatic carbocycles. The van der Waals surface area contributed by atoms with Crippen LogP contribution in [0.15, 0.2) is 53.5 Å². The lowest BCUT2D eigenvalue weighted by molar-refractivity contribution is 1.07. The summed E-state index contributed by atoms with van der Waals surface area (Å²) < 4.78 is 1.82. The van der Waals surface area contributed by atoms with Gasteiger partial charge in [0.2, 0.25) is 0 Å². The molecule has 0 radical (unpaired) electrons. The van der Waals surface area contributed by atoms with Crippen LogP contribution in [0.25, 0.3) is 33.1 Å².